The van der Waals surface area contributed by atoms with Gasteiger partial charge in [0.1, 0.15) is 13.2 Å². The van der Waals surface area contributed by atoms with Gasteiger partial charge in [-0.15, -0.1) is 0 Å². The molecule has 0 saturated heterocycles. The van der Waals surface area contributed by atoms with Crippen LogP contribution in [0.2, 0.25) is 0 Å². The highest BCUT2D eigenvalue weighted by Gasteiger charge is 2.19. The summed E-state index contributed by atoms with van der Waals surface area (Å²) >= 11 is 0. The number of allylic oxidation sites excluding steroid dienone is 10. The maximum atomic E-state index is 12.9. The molecule has 6 nitrogen and oxygen atoms in total. The molecule has 388 valence electrons. The van der Waals surface area contributed by atoms with Crippen molar-refractivity contribution in [2.75, 3.05) is 13.2 Å². The van der Waals surface area contributed by atoms with Crippen LogP contribution in [0.3, 0.4) is 0 Å². The third-order valence-corrected chi connectivity index (χ3v) is 12.5. The van der Waals surface area contributed by atoms with Crippen LogP contribution >= 0.6 is 0 Å². The lowest BCUT2D eigenvalue weighted by Crippen LogP contribution is -2.30. The van der Waals surface area contributed by atoms with Gasteiger partial charge in [-0.05, 0) is 109 Å². The zero-order valence-electron chi connectivity index (χ0n) is 44.4. The van der Waals surface area contributed by atoms with Crippen molar-refractivity contribution in [3.8, 4) is 0 Å². The summed E-state index contributed by atoms with van der Waals surface area (Å²) in [7, 11) is 0. The Morgan fingerprint density at radius 2 is 0.537 bits per heavy atom. The van der Waals surface area contributed by atoms with Crippen molar-refractivity contribution in [2.24, 2.45) is 0 Å². The zero-order valence-corrected chi connectivity index (χ0v) is 44.4. The summed E-state index contributed by atoms with van der Waals surface area (Å²) in [5.41, 5.74) is 0. The Bertz CT molecular complexity index is 1210. The van der Waals surface area contributed by atoms with Crippen LogP contribution in [0, 0.1) is 0 Å². The van der Waals surface area contributed by atoms with Crippen molar-refractivity contribution < 1.29 is 28.6 Å². The Hall–Kier alpha value is -2.89. The first-order valence-electron chi connectivity index (χ1n) is 28.8. The molecule has 0 radical (unpaired) electrons. The van der Waals surface area contributed by atoms with E-state index in [9.17, 15) is 14.4 Å². The van der Waals surface area contributed by atoms with E-state index < -0.39 is 6.10 Å². The van der Waals surface area contributed by atoms with E-state index in [1.165, 1.54) is 161 Å². The summed E-state index contributed by atoms with van der Waals surface area (Å²) in [6.07, 6.45) is 69.2. The Kier molecular flexibility index (Phi) is 53.3. The van der Waals surface area contributed by atoms with E-state index in [0.29, 0.717) is 19.3 Å². The van der Waals surface area contributed by atoms with Gasteiger partial charge >= 0.3 is 17.9 Å². The molecule has 0 aliphatic rings. The van der Waals surface area contributed by atoms with Gasteiger partial charge in [-0.2, -0.15) is 0 Å². The van der Waals surface area contributed by atoms with E-state index >= 15 is 0 Å². The van der Waals surface area contributed by atoms with Crippen LogP contribution in [-0.2, 0) is 28.6 Å². The molecular formula is C61H108O6. The highest BCUT2D eigenvalue weighted by atomic mass is 16.6. The van der Waals surface area contributed by atoms with Crippen molar-refractivity contribution in [1.82, 2.24) is 0 Å². The van der Waals surface area contributed by atoms with E-state index in [2.05, 4.69) is 81.5 Å². The molecule has 0 amide bonds. The molecule has 0 aromatic heterocycles. The van der Waals surface area contributed by atoms with Gasteiger partial charge in [0, 0.05) is 19.3 Å². The second kappa shape index (κ2) is 55.7. The van der Waals surface area contributed by atoms with Crippen molar-refractivity contribution in [3.63, 3.8) is 0 Å². The van der Waals surface area contributed by atoms with Gasteiger partial charge in [0.15, 0.2) is 6.10 Å². The smallest absolute Gasteiger partial charge is 0.306 e. The molecule has 0 spiro atoms. The fourth-order valence-electron chi connectivity index (χ4n) is 8.09. The highest BCUT2D eigenvalue weighted by molar-refractivity contribution is 5.71. The molecule has 0 N–H and O–H groups in total. The monoisotopic (exact) mass is 937 g/mol. The van der Waals surface area contributed by atoms with Crippen molar-refractivity contribution in [1.29, 1.82) is 0 Å². The Morgan fingerprint density at radius 1 is 0.299 bits per heavy atom. The standard InChI is InChI=1S/C61H108O6/c1-4-7-10-13-16-19-22-25-28-30-33-36-39-42-45-48-51-54-60(63)66-57-58(56-65-59(62)53-50-47-44-41-38-35-32-27-24-21-18-15-12-9-6-3)67-61(64)55-52-49-46-43-40-37-34-31-29-26-23-20-17-14-11-8-5-2/h16,19,25-29,32-33,36,58H,4-15,17-18,20-24,30-31,34-35,37-57H2,1-3H3/b19-16-,28-25-,29-26-,32-27-,36-33-/t58-/m0/s1. The summed E-state index contributed by atoms with van der Waals surface area (Å²) in [6.45, 7) is 6.59. The van der Waals surface area contributed by atoms with Gasteiger partial charge in [0.25, 0.3) is 0 Å². The molecule has 0 bridgehead atoms. The Labute approximate surface area is 415 Å². The summed E-state index contributed by atoms with van der Waals surface area (Å²) in [6, 6.07) is 0. The number of hydrogen-bond acceptors (Lipinski definition) is 6. The van der Waals surface area contributed by atoms with Gasteiger partial charge in [-0.25, -0.2) is 0 Å². The van der Waals surface area contributed by atoms with Gasteiger partial charge in [-0.1, -0.05) is 223 Å². The SMILES string of the molecule is CCCCC/C=C\C/C=C\C/C=C\CCCCCCC(=O)OC[C@H](COC(=O)CCCCCCC/C=C\CCCCCCCC)OC(=O)CCCCCCCCC/C=C\CCCCCCCC. The molecule has 0 heterocycles. The van der Waals surface area contributed by atoms with E-state index in [-0.39, 0.29) is 31.1 Å². The minimum Gasteiger partial charge on any atom is -0.462 e. The number of rotatable bonds is 52. The van der Waals surface area contributed by atoms with Crippen molar-refractivity contribution >= 4 is 17.9 Å². The molecule has 67 heavy (non-hydrogen) atoms. The van der Waals surface area contributed by atoms with Crippen molar-refractivity contribution in [2.45, 2.75) is 297 Å². The largest absolute Gasteiger partial charge is 0.462 e. The molecule has 0 fully saturated rings. The molecule has 0 aromatic rings. The van der Waals surface area contributed by atoms with Gasteiger partial charge in [0.2, 0.25) is 0 Å². The van der Waals surface area contributed by atoms with Gasteiger partial charge < -0.3 is 14.2 Å². The molecule has 0 aliphatic carbocycles. The molecule has 0 unspecified atom stereocenters. The maximum absolute atomic E-state index is 12.9. The van der Waals surface area contributed by atoms with Gasteiger partial charge in [0.05, 0.1) is 0 Å². The number of hydrogen-bond donors (Lipinski definition) is 0. The maximum Gasteiger partial charge on any atom is 0.306 e. The van der Waals surface area contributed by atoms with Crippen LogP contribution in [0.15, 0.2) is 60.8 Å². The van der Waals surface area contributed by atoms with Crippen LogP contribution in [0.25, 0.3) is 0 Å². The lowest BCUT2D eigenvalue weighted by Gasteiger charge is -2.18. The Balaban J connectivity index is 4.43. The van der Waals surface area contributed by atoms with E-state index in [1.54, 1.807) is 0 Å². The Morgan fingerprint density at radius 3 is 0.881 bits per heavy atom. The topological polar surface area (TPSA) is 78.9 Å². The second-order valence-corrected chi connectivity index (χ2v) is 19.2. The quantitative estimate of drug-likeness (QED) is 0.0262. The predicted molar refractivity (Wildman–Crippen MR) is 288 cm³/mol. The summed E-state index contributed by atoms with van der Waals surface area (Å²) in [5, 5.41) is 0. The molecule has 0 rings (SSSR count). The average molecular weight is 938 g/mol. The number of carbonyl (C=O) groups excluding carboxylic acids is 3. The number of carbonyl (C=O) groups is 3. The fourth-order valence-corrected chi connectivity index (χ4v) is 8.09. The zero-order chi connectivity index (χ0) is 48.6. The average Bonchev–Trinajstić information content (AvgIpc) is 3.33. The highest BCUT2D eigenvalue weighted by Crippen LogP contribution is 2.15. The fraction of sp³-hybridized carbons (Fsp3) is 0.787. The summed E-state index contributed by atoms with van der Waals surface area (Å²) in [4.78, 5) is 38.1. The summed E-state index contributed by atoms with van der Waals surface area (Å²) < 4.78 is 16.8. The first kappa shape index (κ1) is 64.1. The number of unbranched alkanes of at least 4 members (excludes halogenated alkanes) is 31. The first-order valence-corrected chi connectivity index (χ1v) is 28.8. The predicted octanol–water partition coefficient (Wildman–Crippen LogP) is 19.2. The third-order valence-electron chi connectivity index (χ3n) is 12.5. The van der Waals surface area contributed by atoms with Crippen LogP contribution in [0.5, 0.6) is 0 Å². The summed E-state index contributed by atoms with van der Waals surface area (Å²) in [5.74, 6) is -0.911. The van der Waals surface area contributed by atoms with Gasteiger partial charge in [-0.3, -0.25) is 14.4 Å². The molecular weight excluding hydrogens is 829 g/mol. The lowest BCUT2D eigenvalue weighted by atomic mass is 10.1. The minimum atomic E-state index is -0.789. The lowest BCUT2D eigenvalue weighted by molar-refractivity contribution is -0.167. The molecule has 0 aliphatic heterocycles. The number of esters is 3. The van der Waals surface area contributed by atoms with Crippen LogP contribution in [-0.4, -0.2) is 37.2 Å². The second-order valence-electron chi connectivity index (χ2n) is 19.2. The van der Waals surface area contributed by atoms with E-state index in [1.807, 2.05) is 0 Å². The van der Waals surface area contributed by atoms with Crippen LogP contribution in [0.1, 0.15) is 290 Å². The van der Waals surface area contributed by atoms with Crippen LogP contribution < -0.4 is 0 Å². The third kappa shape index (κ3) is 53.9. The molecule has 0 aromatic carbocycles. The first-order chi connectivity index (χ1) is 33.0. The number of ether oxygens (including phenoxy) is 3. The van der Waals surface area contributed by atoms with E-state index in [0.717, 1.165) is 89.9 Å². The molecule has 1 atom stereocenters. The van der Waals surface area contributed by atoms with E-state index in [4.69, 9.17) is 14.2 Å². The minimum absolute atomic E-state index is 0.0867. The van der Waals surface area contributed by atoms with Crippen molar-refractivity contribution in [3.05, 3.63) is 60.8 Å². The molecule has 6 heteroatoms. The van der Waals surface area contributed by atoms with Crippen LogP contribution in [0.4, 0.5) is 0 Å². The normalized spacial score (nSPS) is 12.5. The molecule has 0 saturated carbocycles.